The summed E-state index contributed by atoms with van der Waals surface area (Å²) in [5.41, 5.74) is 0. The molecule has 28 heavy (non-hydrogen) atoms. The van der Waals surface area contributed by atoms with Crippen molar-refractivity contribution in [3.63, 3.8) is 0 Å². The van der Waals surface area contributed by atoms with Crippen LogP contribution in [0.25, 0.3) is 0 Å². The highest BCUT2D eigenvalue weighted by molar-refractivity contribution is 7.89. The zero-order chi connectivity index (χ0) is 20.1. The largest absolute Gasteiger partial charge is 0.467 e. The molecule has 0 bridgehead atoms. The van der Waals surface area contributed by atoms with Crippen LogP contribution in [0.5, 0.6) is 6.01 Å². The summed E-state index contributed by atoms with van der Waals surface area (Å²) in [5.74, 6) is -0.145. The predicted octanol–water partition coefficient (Wildman–Crippen LogP) is 0.0434. The predicted molar refractivity (Wildman–Crippen MR) is 99.1 cm³/mol. The summed E-state index contributed by atoms with van der Waals surface area (Å²) in [4.78, 5) is 26.1. The van der Waals surface area contributed by atoms with Gasteiger partial charge >= 0.3 is 12.0 Å². The molecule has 2 aromatic heterocycles. The minimum absolute atomic E-state index is 0.00256. The Balaban J connectivity index is 1.80. The SMILES string of the molecule is COC(=O)c1sccc1S(=O)(=O)NCc1nc(OC)nc(N2CCOCC2)n1. The molecule has 0 unspecified atom stereocenters. The maximum Gasteiger partial charge on any atom is 0.349 e. The normalized spacial score (nSPS) is 14.7. The fraction of sp³-hybridized carbons (Fsp3) is 0.467. The van der Waals surface area contributed by atoms with Crippen LogP contribution in [0, 0.1) is 0 Å². The van der Waals surface area contributed by atoms with Gasteiger partial charge in [-0.15, -0.1) is 11.3 Å². The van der Waals surface area contributed by atoms with E-state index in [2.05, 4.69) is 24.4 Å². The summed E-state index contributed by atoms with van der Waals surface area (Å²) in [6.07, 6.45) is 0. The van der Waals surface area contributed by atoms with Crippen molar-refractivity contribution in [2.45, 2.75) is 11.4 Å². The second kappa shape index (κ2) is 8.77. The quantitative estimate of drug-likeness (QED) is 0.602. The highest BCUT2D eigenvalue weighted by Gasteiger charge is 2.25. The van der Waals surface area contributed by atoms with Crippen LogP contribution in [-0.4, -0.2) is 69.9 Å². The van der Waals surface area contributed by atoms with Crippen LogP contribution in [0.2, 0.25) is 0 Å². The monoisotopic (exact) mass is 429 g/mol. The van der Waals surface area contributed by atoms with Crippen molar-refractivity contribution in [1.82, 2.24) is 19.7 Å². The molecular formula is C15H19N5O6S2. The van der Waals surface area contributed by atoms with E-state index < -0.39 is 16.0 Å². The Labute approximate surface area is 165 Å². The summed E-state index contributed by atoms with van der Waals surface area (Å²) < 4.78 is 42.6. The number of sulfonamides is 1. The Bertz CT molecular complexity index is 942. The van der Waals surface area contributed by atoms with E-state index in [-0.39, 0.29) is 28.2 Å². The van der Waals surface area contributed by atoms with E-state index in [4.69, 9.17) is 9.47 Å². The number of carbonyl (C=O) groups excluding carboxylic acids is 1. The number of thiophene rings is 1. The van der Waals surface area contributed by atoms with Gasteiger partial charge in [0.25, 0.3) is 0 Å². The number of anilines is 1. The highest BCUT2D eigenvalue weighted by Crippen LogP contribution is 2.23. The van der Waals surface area contributed by atoms with Crippen molar-refractivity contribution in [3.8, 4) is 6.01 Å². The van der Waals surface area contributed by atoms with Gasteiger partial charge in [0.05, 0.1) is 34.0 Å². The van der Waals surface area contributed by atoms with Gasteiger partial charge < -0.3 is 19.1 Å². The first-order valence-corrected chi connectivity index (χ1v) is 10.6. The lowest BCUT2D eigenvalue weighted by Crippen LogP contribution is -2.37. The number of rotatable bonds is 7. The van der Waals surface area contributed by atoms with Crippen LogP contribution in [0.1, 0.15) is 15.5 Å². The van der Waals surface area contributed by atoms with Crippen molar-refractivity contribution >= 4 is 33.3 Å². The van der Waals surface area contributed by atoms with Crippen molar-refractivity contribution in [1.29, 1.82) is 0 Å². The second-order valence-electron chi connectivity index (χ2n) is 5.57. The lowest BCUT2D eigenvalue weighted by Gasteiger charge is -2.26. The number of hydrogen-bond acceptors (Lipinski definition) is 11. The summed E-state index contributed by atoms with van der Waals surface area (Å²) in [7, 11) is -1.37. The molecule has 3 rings (SSSR count). The number of esters is 1. The number of nitrogens with one attached hydrogen (secondary N) is 1. The molecule has 1 fully saturated rings. The molecule has 1 saturated heterocycles. The van der Waals surface area contributed by atoms with E-state index in [1.165, 1.54) is 25.7 Å². The fourth-order valence-electron chi connectivity index (χ4n) is 2.45. The van der Waals surface area contributed by atoms with Gasteiger partial charge in [0.1, 0.15) is 9.77 Å². The number of carbonyl (C=O) groups is 1. The number of nitrogens with zero attached hydrogens (tertiary/aromatic N) is 4. The van der Waals surface area contributed by atoms with Crippen molar-refractivity contribution in [3.05, 3.63) is 22.1 Å². The lowest BCUT2D eigenvalue weighted by molar-refractivity contribution is 0.0602. The first-order chi connectivity index (χ1) is 13.4. The molecule has 13 heteroatoms. The molecule has 11 nitrogen and oxygen atoms in total. The molecule has 0 spiro atoms. The van der Waals surface area contributed by atoms with E-state index in [0.717, 1.165) is 11.3 Å². The molecule has 0 aromatic carbocycles. The Morgan fingerprint density at radius 3 is 2.71 bits per heavy atom. The summed E-state index contributed by atoms with van der Waals surface area (Å²) in [6.45, 7) is 2.11. The Morgan fingerprint density at radius 1 is 1.29 bits per heavy atom. The zero-order valence-corrected chi connectivity index (χ0v) is 16.9. The fourth-order valence-corrected chi connectivity index (χ4v) is 4.76. The van der Waals surface area contributed by atoms with Crippen LogP contribution < -0.4 is 14.4 Å². The van der Waals surface area contributed by atoms with E-state index in [0.29, 0.717) is 32.3 Å². The standard InChI is InChI=1S/C15H19N5O6S2/c1-24-13(21)12-10(3-8-27-12)28(22,23)16-9-11-17-14(19-15(18-11)25-2)20-4-6-26-7-5-20/h3,8,16H,4-7,9H2,1-2H3. The number of aromatic nitrogens is 3. The van der Waals surface area contributed by atoms with Crippen LogP contribution in [0.4, 0.5) is 5.95 Å². The molecule has 152 valence electrons. The molecule has 3 heterocycles. The topological polar surface area (TPSA) is 133 Å². The van der Waals surface area contributed by atoms with Gasteiger partial charge in [-0.2, -0.15) is 15.0 Å². The van der Waals surface area contributed by atoms with Crippen LogP contribution in [-0.2, 0) is 26.0 Å². The molecule has 0 aliphatic carbocycles. The van der Waals surface area contributed by atoms with Crippen LogP contribution in [0.3, 0.4) is 0 Å². The average molecular weight is 429 g/mol. The second-order valence-corrected chi connectivity index (χ2v) is 8.22. The first-order valence-electron chi connectivity index (χ1n) is 8.21. The van der Waals surface area contributed by atoms with E-state index in [9.17, 15) is 13.2 Å². The van der Waals surface area contributed by atoms with E-state index in [1.807, 2.05) is 4.90 Å². The summed E-state index contributed by atoms with van der Waals surface area (Å²) in [5, 5.41) is 1.50. The first kappa shape index (κ1) is 20.4. The number of ether oxygens (including phenoxy) is 3. The smallest absolute Gasteiger partial charge is 0.349 e. The molecular weight excluding hydrogens is 410 g/mol. The third-order valence-electron chi connectivity index (χ3n) is 3.84. The van der Waals surface area contributed by atoms with Gasteiger partial charge in [-0.25, -0.2) is 17.9 Å². The minimum atomic E-state index is -3.97. The molecule has 2 aromatic rings. The molecule has 0 amide bonds. The number of methoxy groups -OCH3 is 2. The Morgan fingerprint density at radius 2 is 2.04 bits per heavy atom. The van der Waals surface area contributed by atoms with Crippen molar-refractivity contribution in [2.75, 3.05) is 45.4 Å². The third-order valence-corrected chi connectivity index (χ3v) is 6.30. The molecule has 1 N–H and O–H groups in total. The van der Waals surface area contributed by atoms with Crippen molar-refractivity contribution < 1.29 is 27.4 Å². The average Bonchev–Trinajstić information content (AvgIpc) is 3.23. The Hall–Kier alpha value is -2.35. The van der Waals surface area contributed by atoms with E-state index in [1.54, 1.807) is 0 Å². The minimum Gasteiger partial charge on any atom is -0.467 e. The number of hydrogen-bond donors (Lipinski definition) is 1. The molecule has 0 saturated carbocycles. The van der Waals surface area contributed by atoms with Crippen molar-refractivity contribution in [2.24, 2.45) is 0 Å². The Kier molecular flexibility index (Phi) is 6.39. The molecule has 1 aliphatic heterocycles. The van der Waals surface area contributed by atoms with Gasteiger partial charge in [0, 0.05) is 13.1 Å². The highest BCUT2D eigenvalue weighted by atomic mass is 32.2. The number of morpholine rings is 1. The van der Waals surface area contributed by atoms with Gasteiger partial charge in [0.15, 0.2) is 5.82 Å². The molecule has 0 atom stereocenters. The molecule has 1 aliphatic rings. The van der Waals surface area contributed by atoms with Gasteiger partial charge in [0.2, 0.25) is 16.0 Å². The van der Waals surface area contributed by atoms with Gasteiger partial charge in [-0.3, -0.25) is 0 Å². The molecule has 0 radical (unpaired) electrons. The third kappa shape index (κ3) is 4.55. The summed E-state index contributed by atoms with van der Waals surface area (Å²) >= 11 is 0.985. The zero-order valence-electron chi connectivity index (χ0n) is 15.2. The van der Waals surface area contributed by atoms with E-state index >= 15 is 0 Å². The van der Waals surface area contributed by atoms with Gasteiger partial charge in [-0.05, 0) is 11.4 Å². The van der Waals surface area contributed by atoms with Crippen LogP contribution in [0.15, 0.2) is 16.3 Å². The van der Waals surface area contributed by atoms with Gasteiger partial charge in [-0.1, -0.05) is 0 Å². The maximum absolute atomic E-state index is 12.6. The lowest BCUT2D eigenvalue weighted by atomic mass is 10.4. The maximum atomic E-state index is 12.6. The summed E-state index contributed by atoms with van der Waals surface area (Å²) in [6, 6.07) is 1.42. The van der Waals surface area contributed by atoms with Crippen LogP contribution >= 0.6 is 11.3 Å².